The van der Waals surface area contributed by atoms with Crippen LogP contribution >= 0.6 is 0 Å². The van der Waals surface area contributed by atoms with E-state index in [-0.39, 0.29) is 5.56 Å². The Balaban J connectivity index is 1.64. The van der Waals surface area contributed by atoms with E-state index in [9.17, 15) is 22.8 Å². The van der Waals surface area contributed by atoms with Crippen molar-refractivity contribution < 1.29 is 22.8 Å². The van der Waals surface area contributed by atoms with Crippen LogP contribution in [-0.4, -0.2) is 18.4 Å². The Morgan fingerprint density at radius 1 is 0.900 bits per heavy atom. The van der Waals surface area contributed by atoms with Gasteiger partial charge in [0, 0.05) is 29.5 Å². The van der Waals surface area contributed by atoms with Crippen LogP contribution in [0.2, 0.25) is 0 Å². The smallest absolute Gasteiger partial charge is 0.261 e. The summed E-state index contributed by atoms with van der Waals surface area (Å²) in [5.41, 5.74) is 1.91. The van der Waals surface area contributed by atoms with E-state index in [1.165, 1.54) is 29.2 Å². The molecule has 0 radical (unpaired) electrons. The molecular weight excluding hydrogens is 393 g/mol. The number of benzene rings is 3. The number of carbonyl (C=O) groups excluding carboxylic acids is 2. The largest absolute Gasteiger partial charge is 0.322 e. The Labute approximate surface area is 170 Å². The minimum Gasteiger partial charge on any atom is -0.322 e. The summed E-state index contributed by atoms with van der Waals surface area (Å²) in [5, 5.41) is 2.80. The van der Waals surface area contributed by atoms with Crippen molar-refractivity contribution in [2.24, 2.45) is 0 Å². The molecule has 0 bridgehead atoms. The summed E-state index contributed by atoms with van der Waals surface area (Å²) in [5.74, 6) is -3.10. The van der Waals surface area contributed by atoms with E-state index in [2.05, 4.69) is 5.32 Å². The number of anilines is 2. The van der Waals surface area contributed by atoms with Crippen LogP contribution in [0.1, 0.15) is 32.7 Å². The number of rotatable bonds is 3. The summed E-state index contributed by atoms with van der Waals surface area (Å²) in [6.07, 6.45) is 1.23. The molecule has 152 valence electrons. The molecule has 2 amide bonds. The number of halogens is 3. The first-order valence-corrected chi connectivity index (χ1v) is 9.40. The predicted octanol–water partition coefficient (Wildman–Crippen LogP) is 4.95. The van der Waals surface area contributed by atoms with Crippen LogP contribution in [0, 0.1) is 17.5 Å². The van der Waals surface area contributed by atoms with Gasteiger partial charge < -0.3 is 10.2 Å². The highest BCUT2D eigenvalue weighted by molar-refractivity contribution is 6.09. The minimum atomic E-state index is -0.923. The third-order valence-corrected chi connectivity index (χ3v) is 5.01. The zero-order valence-electron chi connectivity index (χ0n) is 15.8. The maximum Gasteiger partial charge on any atom is 0.261 e. The van der Waals surface area contributed by atoms with Crippen molar-refractivity contribution in [2.75, 3.05) is 16.8 Å². The highest BCUT2D eigenvalue weighted by Crippen LogP contribution is 2.34. The average molecular weight is 410 g/mol. The van der Waals surface area contributed by atoms with E-state index >= 15 is 0 Å². The molecule has 0 aromatic heterocycles. The quantitative estimate of drug-likeness (QED) is 0.664. The second kappa shape index (κ2) is 8.02. The molecule has 1 aliphatic heterocycles. The highest BCUT2D eigenvalue weighted by atomic mass is 19.1. The van der Waals surface area contributed by atoms with Crippen molar-refractivity contribution in [1.29, 1.82) is 0 Å². The standard InChI is InChI=1S/C23H17F3N2O2/c24-15-8-6-14(7-9-15)22(29)27-20-4-1-5-21-18(20)3-2-12-28(21)23(30)17-11-10-16(25)13-19(17)26/h1,4-11,13H,2-3,12H2,(H,27,29). The van der Waals surface area contributed by atoms with Gasteiger partial charge in [0.05, 0.1) is 5.56 Å². The van der Waals surface area contributed by atoms with E-state index in [1.807, 2.05) is 0 Å². The Morgan fingerprint density at radius 2 is 1.63 bits per heavy atom. The fraction of sp³-hybridized carbons (Fsp3) is 0.130. The predicted molar refractivity (Wildman–Crippen MR) is 107 cm³/mol. The third-order valence-electron chi connectivity index (χ3n) is 5.01. The Bertz CT molecular complexity index is 1130. The number of hydrogen-bond acceptors (Lipinski definition) is 2. The molecule has 0 saturated carbocycles. The van der Waals surface area contributed by atoms with E-state index in [4.69, 9.17) is 0 Å². The average Bonchev–Trinajstić information content (AvgIpc) is 2.73. The number of fused-ring (bicyclic) bond motifs is 1. The van der Waals surface area contributed by atoms with Crippen molar-refractivity contribution in [3.63, 3.8) is 0 Å². The SMILES string of the molecule is O=C(Nc1cccc2c1CCCN2C(=O)c1ccc(F)cc1F)c1ccc(F)cc1. The topological polar surface area (TPSA) is 49.4 Å². The molecule has 0 unspecified atom stereocenters. The molecule has 4 rings (SSSR count). The van der Waals surface area contributed by atoms with E-state index in [0.29, 0.717) is 42.4 Å². The normalized spacial score (nSPS) is 13.0. The lowest BCUT2D eigenvalue weighted by molar-refractivity contribution is 0.0980. The second-order valence-electron chi connectivity index (χ2n) is 6.95. The van der Waals surface area contributed by atoms with Gasteiger partial charge in [-0.3, -0.25) is 9.59 Å². The van der Waals surface area contributed by atoms with Gasteiger partial charge in [-0.2, -0.15) is 0 Å². The molecule has 3 aromatic carbocycles. The summed E-state index contributed by atoms with van der Waals surface area (Å²) in [6, 6.07) is 13.1. The molecule has 1 aliphatic rings. The van der Waals surface area contributed by atoms with Gasteiger partial charge in [-0.1, -0.05) is 6.07 Å². The van der Waals surface area contributed by atoms with Crippen molar-refractivity contribution in [3.05, 3.63) is 94.8 Å². The zero-order valence-corrected chi connectivity index (χ0v) is 15.8. The monoisotopic (exact) mass is 410 g/mol. The van der Waals surface area contributed by atoms with Crippen LogP contribution in [-0.2, 0) is 6.42 Å². The number of nitrogens with one attached hydrogen (secondary N) is 1. The van der Waals surface area contributed by atoms with Crippen LogP contribution in [0.5, 0.6) is 0 Å². The maximum absolute atomic E-state index is 14.1. The molecule has 0 aliphatic carbocycles. The molecule has 0 saturated heterocycles. The fourth-order valence-electron chi connectivity index (χ4n) is 3.56. The van der Waals surface area contributed by atoms with Gasteiger partial charge in [0.2, 0.25) is 0 Å². The van der Waals surface area contributed by atoms with Crippen molar-refractivity contribution in [1.82, 2.24) is 0 Å². The lowest BCUT2D eigenvalue weighted by Crippen LogP contribution is -2.36. The molecule has 0 atom stereocenters. The van der Waals surface area contributed by atoms with Crippen molar-refractivity contribution >= 4 is 23.2 Å². The zero-order chi connectivity index (χ0) is 21.3. The van der Waals surface area contributed by atoms with Crippen molar-refractivity contribution in [2.45, 2.75) is 12.8 Å². The summed E-state index contributed by atoms with van der Waals surface area (Å²) in [4.78, 5) is 26.9. The molecule has 0 spiro atoms. The Kier molecular flexibility index (Phi) is 5.27. The molecular formula is C23H17F3N2O2. The number of carbonyl (C=O) groups is 2. The molecule has 0 fully saturated rings. The summed E-state index contributed by atoms with van der Waals surface area (Å²) < 4.78 is 40.4. The van der Waals surface area contributed by atoms with Gasteiger partial charge in [-0.25, -0.2) is 13.2 Å². The third kappa shape index (κ3) is 3.78. The first-order valence-electron chi connectivity index (χ1n) is 9.40. The Morgan fingerprint density at radius 3 is 2.37 bits per heavy atom. The van der Waals surface area contributed by atoms with E-state index in [0.717, 1.165) is 17.7 Å². The van der Waals surface area contributed by atoms with Crippen LogP contribution in [0.4, 0.5) is 24.5 Å². The second-order valence-corrected chi connectivity index (χ2v) is 6.95. The number of nitrogens with zero attached hydrogens (tertiary/aromatic N) is 1. The van der Waals surface area contributed by atoms with Crippen LogP contribution in [0.3, 0.4) is 0 Å². The highest BCUT2D eigenvalue weighted by Gasteiger charge is 2.27. The first-order chi connectivity index (χ1) is 14.4. The van der Waals surface area contributed by atoms with Gasteiger partial charge in [0.15, 0.2) is 0 Å². The van der Waals surface area contributed by atoms with Gasteiger partial charge in [0.25, 0.3) is 11.8 Å². The first kappa shape index (κ1) is 19.7. The van der Waals surface area contributed by atoms with Gasteiger partial charge >= 0.3 is 0 Å². The molecule has 4 nitrogen and oxygen atoms in total. The molecule has 7 heteroatoms. The van der Waals surface area contributed by atoms with Crippen LogP contribution < -0.4 is 10.2 Å². The minimum absolute atomic E-state index is 0.218. The van der Waals surface area contributed by atoms with Crippen LogP contribution in [0.15, 0.2) is 60.7 Å². The van der Waals surface area contributed by atoms with Gasteiger partial charge in [-0.15, -0.1) is 0 Å². The summed E-state index contributed by atoms with van der Waals surface area (Å²) >= 11 is 0. The molecule has 3 aromatic rings. The van der Waals surface area contributed by atoms with Gasteiger partial charge in [0.1, 0.15) is 17.5 Å². The number of amides is 2. The van der Waals surface area contributed by atoms with E-state index in [1.54, 1.807) is 18.2 Å². The molecule has 1 heterocycles. The van der Waals surface area contributed by atoms with Gasteiger partial charge in [-0.05, 0) is 66.9 Å². The lowest BCUT2D eigenvalue weighted by Gasteiger charge is -2.31. The summed E-state index contributed by atoms with van der Waals surface area (Å²) in [7, 11) is 0. The van der Waals surface area contributed by atoms with E-state index < -0.39 is 29.3 Å². The molecule has 1 N–H and O–H groups in total. The maximum atomic E-state index is 14.1. The fourth-order valence-corrected chi connectivity index (χ4v) is 3.56. The number of hydrogen-bond donors (Lipinski definition) is 1. The molecule has 30 heavy (non-hydrogen) atoms. The summed E-state index contributed by atoms with van der Waals surface area (Å²) in [6.45, 7) is 0.373. The van der Waals surface area contributed by atoms with Crippen LogP contribution in [0.25, 0.3) is 0 Å². The van der Waals surface area contributed by atoms with Crippen molar-refractivity contribution in [3.8, 4) is 0 Å². The lowest BCUT2D eigenvalue weighted by atomic mass is 9.98. The Hall–Kier alpha value is -3.61.